The maximum absolute atomic E-state index is 12.0. The van der Waals surface area contributed by atoms with E-state index in [1.165, 1.54) is 6.20 Å². The maximum Gasteiger partial charge on any atom is 0.267 e. The molecule has 0 aliphatic rings. The van der Waals surface area contributed by atoms with Crippen LogP contribution in [0.25, 0.3) is 0 Å². The topological polar surface area (TPSA) is 64.9 Å². The number of rotatable bonds is 6. The molecule has 1 aromatic carbocycles. The van der Waals surface area contributed by atoms with Crippen molar-refractivity contribution in [3.8, 4) is 6.07 Å². The van der Waals surface area contributed by atoms with Gasteiger partial charge in [-0.3, -0.25) is 4.79 Å². The zero-order chi connectivity index (χ0) is 15.0. The molecule has 0 fully saturated rings. The van der Waals surface area contributed by atoms with Crippen molar-refractivity contribution in [3.05, 3.63) is 40.6 Å². The summed E-state index contributed by atoms with van der Waals surface area (Å²) in [7, 11) is 0. The first-order chi connectivity index (χ1) is 9.60. The molecule has 2 N–H and O–H groups in total. The van der Waals surface area contributed by atoms with Gasteiger partial charge in [-0.1, -0.05) is 17.7 Å². The number of benzene rings is 1. The van der Waals surface area contributed by atoms with Crippen LogP contribution < -0.4 is 10.6 Å². The zero-order valence-corrected chi connectivity index (χ0v) is 12.6. The van der Waals surface area contributed by atoms with Crippen molar-refractivity contribution in [1.82, 2.24) is 5.32 Å². The van der Waals surface area contributed by atoms with Gasteiger partial charge in [-0.15, -0.1) is 11.6 Å². The average molecular weight is 312 g/mol. The third kappa shape index (κ3) is 4.76. The van der Waals surface area contributed by atoms with Gasteiger partial charge in [0.25, 0.3) is 5.91 Å². The summed E-state index contributed by atoms with van der Waals surface area (Å²) in [5, 5.41) is 15.1. The van der Waals surface area contributed by atoms with Crippen LogP contribution in [0.2, 0.25) is 5.02 Å². The molecular weight excluding hydrogens is 297 g/mol. The molecule has 4 nitrogen and oxygen atoms in total. The van der Waals surface area contributed by atoms with Gasteiger partial charge in [-0.25, -0.2) is 0 Å². The van der Waals surface area contributed by atoms with Crippen molar-refractivity contribution >= 4 is 34.8 Å². The lowest BCUT2D eigenvalue weighted by Gasteiger charge is -2.09. The Morgan fingerprint density at radius 1 is 1.50 bits per heavy atom. The molecule has 0 spiro atoms. The van der Waals surface area contributed by atoms with E-state index in [2.05, 4.69) is 10.6 Å². The Balaban J connectivity index is 2.73. The summed E-state index contributed by atoms with van der Waals surface area (Å²) in [5.41, 5.74) is 1.35. The number of carbonyl (C=O) groups excluding carboxylic acids is 1. The van der Waals surface area contributed by atoms with Crippen LogP contribution in [-0.4, -0.2) is 18.3 Å². The monoisotopic (exact) mass is 311 g/mol. The van der Waals surface area contributed by atoms with Gasteiger partial charge in [0.2, 0.25) is 0 Å². The summed E-state index contributed by atoms with van der Waals surface area (Å²) < 4.78 is 0. The number of nitriles is 1. The molecule has 0 aromatic heterocycles. The quantitative estimate of drug-likeness (QED) is 0.367. The molecule has 0 bridgehead atoms. The van der Waals surface area contributed by atoms with E-state index < -0.39 is 5.91 Å². The summed E-state index contributed by atoms with van der Waals surface area (Å²) in [6, 6.07) is 7.06. The normalized spacial score (nSPS) is 10.8. The van der Waals surface area contributed by atoms with Crippen LogP contribution in [0.5, 0.6) is 0 Å². The fourth-order valence-corrected chi connectivity index (χ4v) is 1.73. The smallest absolute Gasteiger partial charge is 0.267 e. The minimum atomic E-state index is -0.476. The maximum atomic E-state index is 12.0. The van der Waals surface area contributed by atoms with Gasteiger partial charge in [0.15, 0.2) is 0 Å². The molecule has 0 unspecified atom stereocenters. The molecule has 1 rings (SSSR count). The Labute approximate surface area is 128 Å². The van der Waals surface area contributed by atoms with Crippen LogP contribution >= 0.6 is 23.2 Å². The number of anilines is 1. The van der Waals surface area contributed by atoms with Gasteiger partial charge in [0.1, 0.15) is 11.6 Å². The first-order valence-electron chi connectivity index (χ1n) is 6.06. The van der Waals surface area contributed by atoms with Crippen molar-refractivity contribution in [3.63, 3.8) is 0 Å². The van der Waals surface area contributed by atoms with Crippen molar-refractivity contribution in [2.75, 3.05) is 17.7 Å². The highest BCUT2D eigenvalue weighted by atomic mass is 35.5. The summed E-state index contributed by atoms with van der Waals surface area (Å²) >= 11 is 11.5. The highest BCUT2D eigenvalue weighted by Crippen LogP contribution is 2.23. The highest BCUT2D eigenvalue weighted by Gasteiger charge is 2.11. The Hall–Kier alpha value is -1.70. The number of amides is 1. The molecule has 0 aliphatic carbocycles. The highest BCUT2D eigenvalue weighted by molar-refractivity contribution is 6.31. The van der Waals surface area contributed by atoms with Crippen LogP contribution in [0.15, 0.2) is 30.0 Å². The van der Waals surface area contributed by atoms with Gasteiger partial charge in [0.05, 0.1) is 0 Å². The second-order valence-electron chi connectivity index (χ2n) is 4.03. The third-order valence-electron chi connectivity index (χ3n) is 2.58. The SMILES string of the molecule is Cc1c(Cl)cccc1NC(=O)/C(C#N)=C\NCCCCl. The number of nitrogens with one attached hydrogen (secondary N) is 2. The molecule has 1 aromatic rings. The molecule has 0 saturated carbocycles. The zero-order valence-electron chi connectivity index (χ0n) is 11.0. The van der Waals surface area contributed by atoms with E-state index in [9.17, 15) is 4.79 Å². The van der Waals surface area contributed by atoms with Gasteiger partial charge in [-0.05, 0) is 31.0 Å². The van der Waals surface area contributed by atoms with Crippen LogP contribution in [-0.2, 0) is 4.79 Å². The molecule has 0 atom stereocenters. The lowest BCUT2D eigenvalue weighted by atomic mass is 10.2. The van der Waals surface area contributed by atoms with Gasteiger partial charge >= 0.3 is 0 Å². The summed E-state index contributed by atoms with van der Waals surface area (Å²) in [6.45, 7) is 2.41. The van der Waals surface area contributed by atoms with E-state index in [0.29, 0.717) is 23.1 Å². The lowest BCUT2D eigenvalue weighted by molar-refractivity contribution is -0.112. The van der Waals surface area contributed by atoms with Gasteiger partial charge < -0.3 is 10.6 Å². The van der Waals surface area contributed by atoms with Crippen molar-refractivity contribution in [1.29, 1.82) is 5.26 Å². The number of hydrogen-bond acceptors (Lipinski definition) is 3. The second kappa shape index (κ2) is 8.47. The predicted molar refractivity (Wildman–Crippen MR) is 81.9 cm³/mol. The largest absolute Gasteiger partial charge is 0.390 e. The molecule has 6 heteroatoms. The van der Waals surface area contributed by atoms with E-state index >= 15 is 0 Å². The number of halogens is 2. The molecule has 0 radical (unpaired) electrons. The van der Waals surface area contributed by atoms with Gasteiger partial charge in [0, 0.05) is 29.3 Å². The number of nitrogens with zero attached hydrogens (tertiary/aromatic N) is 1. The molecule has 0 aliphatic heterocycles. The predicted octanol–water partition coefficient (Wildman–Crippen LogP) is 3.21. The molecular formula is C14H15Cl2N3O. The Morgan fingerprint density at radius 3 is 2.90 bits per heavy atom. The van der Waals surface area contributed by atoms with Crippen molar-refractivity contribution in [2.24, 2.45) is 0 Å². The summed E-state index contributed by atoms with van der Waals surface area (Å²) in [4.78, 5) is 12.0. The average Bonchev–Trinajstić information content (AvgIpc) is 2.44. The van der Waals surface area contributed by atoms with Crippen LogP contribution in [0.4, 0.5) is 5.69 Å². The summed E-state index contributed by atoms with van der Waals surface area (Å²) in [5.74, 6) is 0.0487. The molecule has 0 saturated heterocycles. The van der Waals surface area contributed by atoms with Crippen LogP contribution in [0.3, 0.4) is 0 Å². The Kier molecular flexibility index (Phi) is 6.92. The van der Waals surface area contributed by atoms with Crippen molar-refractivity contribution < 1.29 is 4.79 Å². The number of hydrogen-bond donors (Lipinski definition) is 2. The van der Waals surface area contributed by atoms with Gasteiger partial charge in [-0.2, -0.15) is 5.26 Å². The van der Waals surface area contributed by atoms with E-state index in [1.807, 2.05) is 6.07 Å². The fraction of sp³-hybridized carbons (Fsp3) is 0.286. The summed E-state index contributed by atoms with van der Waals surface area (Å²) in [6.07, 6.45) is 2.15. The standard InChI is InChI=1S/C14H15Cl2N3O/c1-10-12(16)4-2-5-13(10)19-14(20)11(8-17)9-18-7-3-6-15/h2,4-5,9,18H,3,6-7H2,1H3,(H,19,20)/b11-9-. The number of carbonyl (C=O) groups is 1. The minimum absolute atomic E-state index is 0.000974. The first-order valence-corrected chi connectivity index (χ1v) is 6.97. The van der Waals surface area contributed by atoms with E-state index in [4.69, 9.17) is 28.5 Å². The molecule has 20 heavy (non-hydrogen) atoms. The second-order valence-corrected chi connectivity index (χ2v) is 4.82. The molecule has 0 heterocycles. The Morgan fingerprint density at radius 2 is 2.25 bits per heavy atom. The third-order valence-corrected chi connectivity index (χ3v) is 3.26. The van der Waals surface area contributed by atoms with Crippen LogP contribution in [0.1, 0.15) is 12.0 Å². The first kappa shape index (κ1) is 16.4. The Bertz CT molecular complexity index is 550. The minimum Gasteiger partial charge on any atom is -0.390 e. The van der Waals surface area contributed by atoms with E-state index in [-0.39, 0.29) is 5.57 Å². The van der Waals surface area contributed by atoms with Crippen LogP contribution in [0, 0.1) is 18.3 Å². The molecule has 1 amide bonds. The van der Waals surface area contributed by atoms with Crippen molar-refractivity contribution in [2.45, 2.75) is 13.3 Å². The van der Waals surface area contributed by atoms with E-state index in [0.717, 1.165) is 12.0 Å². The number of alkyl halides is 1. The lowest BCUT2D eigenvalue weighted by Crippen LogP contribution is -2.17. The molecule has 106 valence electrons. The van der Waals surface area contributed by atoms with E-state index in [1.54, 1.807) is 25.1 Å². The fourth-order valence-electron chi connectivity index (χ4n) is 1.42.